The van der Waals surface area contributed by atoms with Crippen LogP contribution in [-0.4, -0.2) is 32.4 Å². The molecule has 0 bridgehead atoms. The Morgan fingerprint density at radius 1 is 1.30 bits per heavy atom. The molecule has 2 atom stereocenters. The highest BCUT2D eigenvalue weighted by molar-refractivity contribution is 7.89. The Balaban J connectivity index is 2.34. The summed E-state index contributed by atoms with van der Waals surface area (Å²) >= 11 is 0. The summed E-state index contributed by atoms with van der Waals surface area (Å²) in [6.07, 6.45) is 2.98. The van der Waals surface area contributed by atoms with Crippen LogP contribution in [-0.2, 0) is 10.0 Å². The first-order chi connectivity index (χ1) is 9.37. The highest BCUT2D eigenvalue weighted by Gasteiger charge is 2.36. The summed E-state index contributed by atoms with van der Waals surface area (Å²) in [5.74, 6) is 0.278. The van der Waals surface area contributed by atoms with Gasteiger partial charge in [0, 0.05) is 13.1 Å². The minimum absolute atomic E-state index is 0.0331. The predicted molar refractivity (Wildman–Crippen MR) is 81.0 cm³/mol. The van der Waals surface area contributed by atoms with E-state index in [1.807, 2.05) is 26.0 Å². The van der Waals surface area contributed by atoms with E-state index in [2.05, 4.69) is 0 Å². The van der Waals surface area contributed by atoms with Crippen LogP contribution in [0.4, 0.5) is 0 Å². The molecule has 1 aliphatic rings. The number of aryl methyl sites for hydroxylation is 2. The molecule has 1 fully saturated rings. The van der Waals surface area contributed by atoms with Crippen LogP contribution in [0.2, 0.25) is 0 Å². The fourth-order valence-corrected chi connectivity index (χ4v) is 4.84. The summed E-state index contributed by atoms with van der Waals surface area (Å²) in [7, 11) is -1.75. The quantitative estimate of drug-likeness (QED) is 0.925. The third-order valence-corrected chi connectivity index (χ3v) is 6.42. The topological polar surface area (TPSA) is 63.4 Å². The van der Waals surface area contributed by atoms with Gasteiger partial charge >= 0.3 is 0 Å². The van der Waals surface area contributed by atoms with Crippen LogP contribution in [0.15, 0.2) is 23.1 Å². The number of benzene rings is 1. The molecule has 0 spiro atoms. The van der Waals surface area contributed by atoms with Crippen molar-refractivity contribution in [2.45, 2.75) is 44.0 Å². The van der Waals surface area contributed by atoms with E-state index in [0.29, 0.717) is 11.4 Å². The van der Waals surface area contributed by atoms with Crippen molar-refractivity contribution in [3.8, 4) is 0 Å². The first kappa shape index (κ1) is 15.5. The summed E-state index contributed by atoms with van der Waals surface area (Å²) < 4.78 is 27.1. The Morgan fingerprint density at radius 2 is 2.00 bits per heavy atom. The van der Waals surface area contributed by atoms with Crippen LogP contribution in [0, 0.1) is 19.8 Å². The number of hydrogen-bond acceptors (Lipinski definition) is 3. The summed E-state index contributed by atoms with van der Waals surface area (Å²) in [6.45, 7) is 4.37. The van der Waals surface area contributed by atoms with Gasteiger partial charge in [0.25, 0.3) is 0 Å². The van der Waals surface area contributed by atoms with Crippen LogP contribution in [0.3, 0.4) is 0 Å². The number of nitrogens with two attached hydrogens (primary N) is 1. The maximum atomic E-state index is 12.8. The van der Waals surface area contributed by atoms with Gasteiger partial charge in [-0.3, -0.25) is 0 Å². The van der Waals surface area contributed by atoms with E-state index < -0.39 is 10.0 Å². The smallest absolute Gasteiger partial charge is 0.243 e. The lowest BCUT2D eigenvalue weighted by Crippen LogP contribution is -2.41. The van der Waals surface area contributed by atoms with Gasteiger partial charge in [0.1, 0.15) is 0 Å². The van der Waals surface area contributed by atoms with Gasteiger partial charge in [0.05, 0.1) is 4.90 Å². The third-order valence-electron chi connectivity index (χ3n) is 4.38. The Hall–Kier alpha value is -0.910. The SMILES string of the molecule is Cc1ccc(S(=O)(=O)N(C)C2CCCC2CN)c(C)c1. The van der Waals surface area contributed by atoms with Crippen LogP contribution in [0.5, 0.6) is 0 Å². The molecular formula is C15H24N2O2S. The lowest BCUT2D eigenvalue weighted by atomic mass is 10.0. The second-order valence-corrected chi connectivity index (χ2v) is 7.75. The Kier molecular flexibility index (Phi) is 4.52. The number of sulfonamides is 1. The zero-order chi connectivity index (χ0) is 14.9. The Bertz CT molecular complexity index is 584. The molecule has 20 heavy (non-hydrogen) atoms. The van der Waals surface area contributed by atoms with Gasteiger partial charge in [0.2, 0.25) is 10.0 Å². The zero-order valence-electron chi connectivity index (χ0n) is 12.5. The molecule has 0 aliphatic heterocycles. The van der Waals surface area contributed by atoms with Crippen molar-refractivity contribution in [1.82, 2.24) is 4.31 Å². The van der Waals surface area contributed by atoms with Crippen LogP contribution in [0.25, 0.3) is 0 Å². The molecular weight excluding hydrogens is 272 g/mol. The van der Waals surface area contributed by atoms with Gasteiger partial charge in [-0.2, -0.15) is 4.31 Å². The number of hydrogen-bond donors (Lipinski definition) is 1. The molecule has 2 unspecified atom stereocenters. The average molecular weight is 296 g/mol. The molecule has 1 aromatic rings. The van der Waals surface area contributed by atoms with E-state index in [4.69, 9.17) is 5.73 Å². The Labute approximate surface area is 122 Å². The van der Waals surface area contributed by atoms with Crippen LogP contribution in [0.1, 0.15) is 30.4 Å². The molecule has 2 rings (SSSR count). The van der Waals surface area contributed by atoms with E-state index in [1.54, 1.807) is 13.1 Å². The summed E-state index contributed by atoms with van der Waals surface area (Å²) in [4.78, 5) is 0.410. The molecule has 0 aromatic heterocycles. The van der Waals surface area contributed by atoms with Crippen molar-refractivity contribution in [3.63, 3.8) is 0 Å². The highest BCUT2D eigenvalue weighted by Crippen LogP contribution is 2.32. The first-order valence-electron chi connectivity index (χ1n) is 7.13. The zero-order valence-corrected chi connectivity index (χ0v) is 13.3. The fourth-order valence-electron chi connectivity index (χ4n) is 3.19. The van der Waals surface area contributed by atoms with E-state index in [1.165, 1.54) is 4.31 Å². The average Bonchev–Trinajstić information content (AvgIpc) is 2.85. The molecule has 0 saturated heterocycles. The summed E-state index contributed by atoms with van der Waals surface area (Å²) in [6, 6.07) is 5.51. The van der Waals surface area contributed by atoms with E-state index >= 15 is 0 Å². The number of rotatable bonds is 4. The highest BCUT2D eigenvalue weighted by atomic mass is 32.2. The molecule has 1 saturated carbocycles. The van der Waals surface area contributed by atoms with Crippen molar-refractivity contribution in [3.05, 3.63) is 29.3 Å². The van der Waals surface area contributed by atoms with Gasteiger partial charge in [-0.15, -0.1) is 0 Å². The standard InChI is InChI=1S/C15H24N2O2S/c1-11-7-8-15(12(2)9-11)20(18,19)17(3)14-6-4-5-13(14)10-16/h7-9,13-14H,4-6,10,16H2,1-3H3. The van der Waals surface area contributed by atoms with Crippen LogP contribution >= 0.6 is 0 Å². The van der Waals surface area contributed by atoms with E-state index in [-0.39, 0.29) is 12.0 Å². The predicted octanol–water partition coefficient (Wildman–Crippen LogP) is 2.05. The largest absolute Gasteiger partial charge is 0.330 e. The second-order valence-electron chi connectivity index (χ2n) is 5.78. The van der Waals surface area contributed by atoms with Gasteiger partial charge in [0.15, 0.2) is 0 Å². The lowest BCUT2D eigenvalue weighted by molar-refractivity contribution is 0.304. The summed E-state index contributed by atoms with van der Waals surface area (Å²) in [5, 5.41) is 0. The van der Waals surface area contributed by atoms with Crippen molar-refractivity contribution in [2.75, 3.05) is 13.6 Å². The first-order valence-corrected chi connectivity index (χ1v) is 8.57. The van der Waals surface area contributed by atoms with Crippen molar-refractivity contribution in [1.29, 1.82) is 0 Å². The molecule has 0 amide bonds. The minimum Gasteiger partial charge on any atom is -0.330 e. The van der Waals surface area contributed by atoms with Crippen molar-refractivity contribution < 1.29 is 8.42 Å². The van der Waals surface area contributed by atoms with Gasteiger partial charge in [-0.05, 0) is 50.8 Å². The van der Waals surface area contributed by atoms with Crippen LogP contribution < -0.4 is 5.73 Å². The minimum atomic E-state index is -3.44. The molecule has 1 aromatic carbocycles. The van der Waals surface area contributed by atoms with Gasteiger partial charge in [-0.25, -0.2) is 8.42 Å². The van der Waals surface area contributed by atoms with Crippen molar-refractivity contribution in [2.24, 2.45) is 11.7 Å². The molecule has 5 heteroatoms. The maximum Gasteiger partial charge on any atom is 0.243 e. The fraction of sp³-hybridized carbons (Fsp3) is 0.600. The lowest BCUT2D eigenvalue weighted by Gasteiger charge is -2.29. The number of nitrogens with zero attached hydrogens (tertiary/aromatic N) is 1. The van der Waals surface area contributed by atoms with E-state index in [9.17, 15) is 8.42 Å². The molecule has 2 N–H and O–H groups in total. The third kappa shape index (κ3) is 2.75. The molecule has 112 valence electrons. The van der Waals surface area contributed by atoms with Crippen molar-refractivity contribution >= 4 is 10.0 Å². The normalized spacial score (nSPS) is 23.4. The molecule has 4 nitrogen and oxygen atoms in total. The van der Waals surface area contributed by atoms with Gasteiger partial charge < -0.3 is 5.73 Å². The summed E-state index contributed by atoms with van der Waals surface area (Å²) in [5.41, 5.74) is 7.65. The maximum absolute atomic E-state index is 12.8. The molecule has 0 heterocycles. The van der Waals surface area contributed by atoms with E-state index in [0.717, 1.165) is 30.4 Å². The van der Waals surface area contributed by atoms with Gasteiger partial charge in [-0.1, -0.05) is 24.1 Å². The monoisotopic (exact) mass is 296 g/mol. The Morgan fingerprint density at radius 3 is 2.60 bits per heavy atom. The second kappa shape index (κ2) is 5.84. The molecule has 1 aliphatic carbocycles. The molecule has 0 radical (unpaired) electrons.